The first-order valence-electron chi connectivity index (χ1n) is 21.2. The van der Waals surface area contributed by atoms with Crippen molar-refractivity contribution >= 4 is 66.2 Å². The molecule has 4 aromatic rings. The molecule has 3 aliphatic heterocycles. The maximum absolute atomic E-state index is 14.3. The van der Waals surface area contributed by atoms with E-state index in [2.05, 4.69) is 97.7 Å². The fourth-order valence-electron chi connectivity index (χ4n) is 8.92. The molecule has 6 bridgehead atoms. The normalized spacial score (nSPS) is 26.8. The van der Waals surface area contributed by atoms with Crippen molar-refractivity contribution in [2.75, 3.05) is 58.4 Å². The first-order valence-corrected chi connectivity index (χ1v) is 23.1. The number of carbonyl (C=O) groups is 3. The van der Waals surface area contributed by atoms with Gasteiger partial charge >= 0.3 is 5.97 Å². The number of piperazine rings is 1. The summed E-state index contributed by atoms with van der Waals surface area (Å²) in [7, 11) is 11.3. The fourth-order valence-corrected chi connectivity index (χ4v) is 10.5. The zero-order chi connectivity index (χ0) is 42.7. The number of amides is 2. The summed E-state index contributed by atoms with van der Waals surface area (Å²) in [5, 5.41) is 6.28. The second kappa shape index (κ2) is 16.4. The Kier molecular flexibility index (Phi) is 11.7. The van der Waals surface area contributed by atoms with Crippen molar-refractivity contribution in [3.8, 4) is 22.5 Å². The summed E-state index contributed by atoms with van der Waals surface area (Å²) >= 11 is 1.47. The Balaban J connectivity index is 1.27. The molecule has 8 rings (SSSR count). The number of fused-ring (bicyclic) bond motifs is 6. The fraction of sp³-hybridized carbons (Fsp3) is 0.568. The van der Waals surface area contributed by atoms with Crippen molar-refractivity contribution in [1.82, 2.24) is 35.2 Å². The topological polar surface area (TPSA) is 134 Å². The van der Waals surface area contributed by atoms with Crippen LogP contribution in [0.5, 0.6) is 0 Å². The highest BCUT2D eigenvalue weighted by atomic mass is 32.1. The zero-order valence-corrected chi connectivity index (χ0v) is 38.6. The molecule has 5 atom stereocenters. The minimum absolute atomic E-state index is 0.131. The summed E-state index contributed by atoms with van der Waals surface area (Å²) in [6.07, 6.45) is 4.15. The number of thiazole rings is 1. The van der Waals surface area contributed by atoms with Gasteiger partial charge in [0.25, 0.3) is 5.91 Å². The molecule has 6 heterocycles. The van der Waals surface area contributed by atoms with Crippen LogP contribution in [0.4, 0.5) is 5.69 Å². The van der Waals surface area contributed by atoms with E-state index in [9.17, 15) is 14.4 Å². The average Bonchev–Trinajstić information content (AvgIpc) is 3.50. The van der Waals surface area contributed by atoms with Gasteiger partial charge in [0, 0.05) is 101 Å². The van der Waals surface area contributed by atoms with Crippen molar-refractivity contribution < 1.29 is 23.9 Å². The van der Waals surface area contributed by atoms with Crippen LogP contribution in [0.3, 0.4) is 0 Å². The van der Waals surface area contributed by atoms with E-state index in [1.807, 2.05) is 25.4 Å². The molecule has 1 aromatic carbocycles. The summed E-state index contributed by atoms with van der Waals surface area (Å²) in [5.41, 5.74) is 10.7. The number of likely N-dealkylation sites (N-methyl/N-ethyl adjacent to an activating group) is 1. The monoisotopic (exact) mass is 864 g/mol. The summed E-state index contributed by atoms with van der Waals surface area (Å²) in [5.74, 6) is -0.922. The highest BCUT2D eigenvalue weighted by Crippen LogP contribution is 2.57. The van der Waals surface area contributed by atoms with Crippen molar-refractivity contribution in [3.05, 3.63) is 52.1 Å². The van der Waals surface area contributed by atoms with Crippen LogP contribution in [-0.4, -0.2) is 127 Å². The minimum atomic E-state index is -1.33. The lowest BCUT2D eigenvalue weighted by Crippen LogP contribution is -2.67. The van der Waals surface area contributed by atoms with Gasteiger partial charge in [-0.15, -0.1) is 11.3 Å². The third-order valence-electron chi connectivity index (χ3n) is 12.9. The lowest BCUT2D eigenvalue weighted by atomic mass is 9.84. The number of hydrogen-bond acceptors (Lipinski definition) is 11. The highest BCUT2D eigenvalue weighted by molar-refractivity contribution is 7.10. The Morgan fingerprint density at radius 2 is 1.90 bits per heavy atom. The summed E-state index contributed by atoms with van der Waals surface area (Å²) in [6, 6.07) is 7.89. The Labute approximate surface area is 363 Å². The van der Waals surface area contributed by atoms with Gasteiger partial charge in [0.1, 0.15) is 11.2 Å². The van der Waals surface area contributed by atoms with E-state index < -0.39 is 27.6 Å². The van der Waals surface area contributed by atoms with Crippen LogP contribution < -0.4 is 15.6 Å². The van der Waals surface area contributed by atoms with Gasteiger partial charge in [0.05, 0.1) is 56.9 Å². The number of aryl methyl sites for hydroxylation is 1. The zero-order valence-electron chi connectivity index (χ0n) is 35.8. The molecule has 3 aromatic heterocycles. The number of hydrazine groups is 1. The second-order valence-corrected chi connectivity index (χ2v) is 20.7. The Morgan fingerprint density at radius 3 is 2.60 bits per heavy atom. The van der Waals surface area contributed by atoms with Crippen LogP contribution in [0.2, 0.25) is 5.04 Å². The summed E-state index contributed by atoms with van der Waals surface area (Å²) in [4.78, 5) is 57.0. The first-order chi connectivity index (χ1) is 28.5. The summed E-state index contributed by atoms with van der Waals surface area (Å²) < 4.78 is 14.5. The highest BCUT2D eigenvalue weighted by Gasteiger charge is 2.54. The van der Waals surface area contributed by atoms with E-state index in [1.165, 1.54) is 16.3 Å². The van der Waals surface area contributed by atoms with Crippen LogP contribution in [0.1, 0.15) is 76.3 Å². The number of cyclic esters (lactones) is 1. The number of esters is 1. The van der Waals surface area contributed by atoms with E-state index in [4.69, 9.17) is 19.4 Å². The number of methoxy groups -OCH3 is 1. The number of carbonyl (C=O) groups excluding carboxylic acids is 3. The maximum atomic E-state index is 14.3. The molecule has 3 fully saturated rings. The smallest absolute Gasteiger partial charge is 0.323 e. The predicted molar refractivity (Wildman–Crippen MR) is 236 cm³/mol. The molecule has 1 aliphatic carbocycles. The van der Waals surface area contributed by atoms with Gasteiger partial charge in [-0.3, -0.25) is 24.4 Å². The van der Waals surface area contributed by atoms with Gasteiger partial charge in [-0.25, -0.2) is 10.4 Å². The Hall–Kier alpha value is -3.94. The lowest BCUT2D eigenvalue weighted by Gasteiger charge is -2.41. The second-order valence-electron chi connectivity index (χ2n) is 18.1. The number of nitrogens with one attached hydrogen (secondary N) is 2. The molecule has 13 nitrogen and oxygen atoms in total. The molecular formula is C44H56N8O5SSi2. The Bertz CT molecular complexity index is 2310. The van der Waals surface area contributed by atoms with E-state index in [0.29, 0.717) is 38.8 Å². The molecule has 16 heteroatoms. The third-order valence-corrected chi connectivity index (χ3v) is 15.3. The van der Waals surface area contributed by atoms with E-state index >= 15 is 0 Å². The van der Waals surface area contributed by atoms with Crippen molar-refractivity contribution in [2.24, 2.45) is 11.3 Å². The van der Waals surface area contributed by atoms with Gasteiger partial charge in [-0.1, -0.05) is 26.8 Å². The van der Waals surface area contributed by atoms with E-state index in [1.54, 1.807) is 7.11 Å². The van der Waals surface area contributed by atoms with Crippen molar-refractivity contribution in [3.63, 3.8) is 0 Å². The van der Waals surface area contributed by atoms with Gasteiger partial charge in [0.15, 0.2) is 0 Å². The van der Waals surface area contributed by atoms with Gasteiger partial charge < -0.3 is 29.2 Å². The van der Waals surface area contributed by atoms with E-state index in [-0.39, 0.29) is 36.9 Å². The van der Waals surface area contributed by atoms with Crippen LogP contribution >= 0.6 is 11.3 Å². The molecule has 6 radical (unpaired) electrons. The van der Waals surface area contributed by atoms with Gasteiger partial charge in [-0.2, -0.15) is 0 Å². The largest absolute Gasteiger partial charge is 0.464 e. The van der Waals surface area contributed by atoms with Crippen LogP contribution in [0, 0.1) is 11.3 Å². The molecule has 0 spiro atoms. The SMILES string of the molecule is CCn1c(-c2cc(N3CCN(C)CC3)cnc2[C@H](C)OC)c2c3cc(ccc31)-c1csc(n1)C[C@H](NC(=O)C1([Si])C[C@@H]1C)C(=O)N1CCC[C@@]([Si])(N1)C(=O)OCC(C)(C)C2. The van der Waals surface area contributed by atoms with E-state index in [0.717, 1.165) is 81.5 Å². The average molecular weight is 865 g/mol. The summed E-state index contributed by atoms with van der Waals surface area (Å²) in [6.45, 7) is 15.5. The maximum Gasteiger partial charge on any atom is 0.323 e. The predicted octanol–water partition coefficient (Wildman–Crippen LogP) is 4.82. The van der Waals surface area contributed by atoms with Crippen LogP contribution in [-0.2, 0) is 43.2 Å². The quantitative estimate of drug-likeness (QED) is 0.197. The molecule has 60 heavy (non-hydrogen) atoms. The third kappa shape index (κ3) is 8.10. The standard InChI is InChI=1S/C44H56N8O5SSi2/c1-8-51-35-11-10-28-18-30(35)32(38(51)31-19-29(23-45-37(31)27(3)56-7)50-16-14-49(6)15-17-50)22-42(4,5)25-57-41(55)44(60)12-9-13-52(48-44)39(53)33(20-36-46-34(28)24-58-36)47-40(54)43(59)21-26(43)2/h10-11,18-19,23-24,26-27,33,48H,8-9,12-17,20-22,25H2,1-7H3,(H,47,54)/t26-,27-,33-,43?,44-/m0/s1. The van der Waals surface area contributed by atoms with Crippen molar-refractivity contribution in [2.45, 2.75) is 95.6 Å². The number of benzene rings is 1. The molecule has 2 N–H and O–H groups in total. The number of rotatable bonds is 7. The van der Waals surface area contributed by atoms with Gasteiger partial charge in [-0.05, 0) is 76.3 Å². The number of pyridine rings is 1. The lowest BCUT2D eigenvalue weighted by molar-refractivity contribution is -0.158. The number of nitrogens with zero attached hydrogens (tertiary/aromatic N) is 6. The number of aromatic nitrogens is 3. The number of hydrogen-bond donors (Lipinski definition) is 2. The van der Waals surface area contributed by atoms with Crippen LogP contribution in [0.15, 0.2) is 35.8 Å². The van der Waals surface area contributed by atoms with Crippen LogP contribution in [0.25, 0.3) is 33.4 Å². The molecule has 1 saturated carbocycles. The number of anilines is 1. The van der Waals surface area contributed by atoms with Crippen molar-refractivity contribution in [1.29, 1.82) is 0 Å². The minimum Gasteiger partial charge on any atom is -0.464 e. The molecule has 2 saturated heterocycles. The molecule has 1 unspecified atom stereocenters. The molecule has 316 valence electrons. The molecule has 4 aliphatic rings. The molecular weight excluding hydrogens is 809 g/mol. The Morgan fingerprint density at radius 1 is 1.15 bits per heavy atom. The number of ether oxygens (including phenoxy) is 2. The first kappa shape index (κ1) is 42.7. The molecule has 2 amide bonds. The van der Waals surface area contributed by atoms with Gasteiger partial charge in [0.2, 0.25) is 5.91 Å².